The van der Waals surface area contributed by atoms with Crippen molar-refractivity contribution in [3.63, 3.8) is 0 Å². The smallest absolute Gasteiger partial charge is 0.377 e. The Morgan fingerprint density at radius 1 is 1.21 bits per heavy atom. The zero-order valence-electron chi connectivity index (χ0n) is 18.5. The zero-order chi connectivity index (χ0) is 23.2. The van der Waals surface area contributed by atoms with Crippen molar-refractivity contribution in [3.05, 3.63) is 70.2 Å². The zero-order valence-corrected chi connectivity index (χ0v) is 18.5. The molecule has 0 amide bonds. The SMILES string of the molecule is Cc1c([C@@H](C)N=c2nc3n(c4ccc(C5=CCOCC5)cc24)CCN3)cccc1C(F)(F)F. The molecule has 1 aromatic heterocycles. The van der Waals surface area contributed by atoms with Gasteiger partial charge in [-0.05, 0) is 60.7 Å². The van der Waals surface area contributed by atoms with Gasteiger partial charge in [-0.2, -0.15) is 18.2 Å². The molecule has 0 saturated carbocycles. The number of nitrogens with one attached hydrogen (secondary N) is 1. The summed E-state index contributed by atoms with van der Waals surface area (Å²) in [5.41, 5.74) is 3.98. The molecule has 2 aromatic carbocycles. The van der Waals surface area contributed by atoms with Gasteiger partial charge >= 0.3 is 6.18 Å². The van der Waals surface area contributed by atoms with Crippen LogP contribution in [-0.4, -0.2) is 29.3 Å². The summed E-state index contributed by atoms with van der Waals surface area (Å²) < 4.78 is 47.9. The standard InChI is InChI=1S/C25H25F3N4O/c1-15-19(4-3-5-21(15)25(26,27)28)16(2)30-23-20-14-18(17-8-12-33-13-9-17)6-7-22(20)32-11-10-29-24(32)31-23/h3-8,14,16H,9-13H2,1-2H3,(H,29,30,31)/t16-/m1/s1. The molecule has 1 N–H and O–H groups in total. The lowest BCUT2D eigenvalue weighted by Crippen LogP contribution is -2.17. The van der Waals surface area contributed by atoms with Gasteiger partial charge in [-0.3, -0.25) is 4.99 Å². The summed E-state index contributed by atoms with van der Waals surface area (Å²) in [7, 11) is 0. The Morgan fingerprint density at radius 2 is 2.06 bits per heavy atom. The van der Waals surface area contributed by atoms with Crippen molar-refractivity contribution in [1.29, 1.82) is 0 Å². The van der Waals surface area contributed by atoms with Gasteiger partial charge in [0.05, 0.1) is 30.3 Å². The summed E-state index contributed by atoms with van der Waals surface area (Å²) in [6, 6.07) is 10.1. The van der Waals surface area contributed by atoms with E-state index in [0.29, 0.717) is 24.3 Å². The fourth-order valence-electron chi connectivity index (χ4n) is 4.68. The first-order valence-corrected chi connectivity index (χ1v) is 11.1. The first-order valence-electron chi connectivity index (χ1n) is 11.1. The van der Waals surface area contributed by atoms with Crippen molar-refractivity contribution in [3.8, 4) is 0 Å². The van der Waals surface area contributed by atoms with E-state index in [4.69, 9.17) is 14.7 Å². The van der Waals surface area contributed by atoms with Crippen molar-refractivity contribution < 1.29 is 17.9 Å². The molecular formula is C25H25F3N4O. The number of hydrogen-bond donors (Lipinski definition) is 1. The number of benzene rings is 2. The summed E-state index contributed by atoms with van der Waals surface area (Å²) in [4.78, 5) is 9.58. The number of rotatable bonds is 3. The highest BCUT2D eigenvalue weighted by molar-refractivity contribution is 5.84. The van der Waals surface area contributed by atoms with E-state index in [0.717, 1.165) is 48.0 Å². The van der Waals surface area contributed by atoms with Crippen LogP contribution < -0.4 is 10.8 Å². The van der Waals surface area contributed by atoms with Crippen LogP contribution in [0.1, 0.15) is 41.6 Å². The second kappa shape index (κ2) is 8.33. The third kappa shape index (κ3) is 4.04. The topological polar surface area (TPSA) is 51.4 Å². The Hall–Kier alpha value is -3.13. The number of aromatic nitrogens is 2. The molecule has 8 heteroatoms. The Balaban J connectivity index is 1.67. The molecule has 3 aromatic rings. The summed E-state index contributed by atoms with van der Waals surface area (Å²) in [5.74, 6) is 0.729. The Morgan fingerprint density at radius 3 is 2.82 bits per heavy atom. The van der Waals surface area contributed by atoms with Gasteiger partial charge in [-0.25, -0.2) is 0 Å². The number of fused-ring (bicyclic) bond motifs is 3. The molecule has 5 rings (SSSR count). The molecule has 2 aliphatic rings. The van der Waals surface area contributed by atoms with Crippen molar-refractivity contribution in [2.75, 3.05) is 25.1 Å². The quantitative estimate of drug-likeness (QED) is 0.588. The van der Waals surface area contributed by atoms with Gasteiger partial charge in [0.25, 0.3) is 0 Å². The minimum absolute atomic E-state index is 0.201. The van der Waals surface area contributed by atoms with Gasteiger partial charge in [0.2, 0.25) is 5.95 Å². The van der Waals surface area contributed by atoms with Crippen LogP contribution in [0.25, 0.3) is 16.5 Å². The van der Waals surface area contributed by atoms with Gasteiger partial charge in [0, 0.05) is 18.5 Å². The lowest BCUT2D eigenvalue weighted by molar-refractivity contribution is -0.138. The van der Waals surface area contributed by atoms with Crippen molar-refractivity contribution in [2.24, 2.45) is 4.99 Å². The molecule has 1 atom stereocenters. The van der Waals surface area contributed by atoms with Crippen LogP contribution in [0.2, 0.25) is 0 Å². The largest absolute Gasteiger partial charge is 0.416 e. The molecule has 0 fully saturated rings. The Bertz CT molecular complexity index is 1320. The molecule has 33 heavy (non-hydrogen) atoms. The van der Waals surface area contributed by atoms with E-state index in [1.165, 1.54) is 18.6 Å². The van der Waals surface area contributed by atoms with Gasteiger partial charge in [0.1, 0.15) is 0 Å². The van der Waals surface area contributed by atoms with Gasteiger partial charge in [-0.15, -0.1) is 0 Å². The van der Waals surface area contributed by atoms with Gasteiger partial charge < -0.3 is 14.6 Å². The average Bonchev–Trinajstić information content (AvgIpc) is 3.27. The third-order valence-corrected chi connectivity index (χ3v) is 6.40. The van der Waals surface area contributed by atoms with Crippen LogP contribution in [0.4, 0.5) is 19.1 Å². The molecule has 0 bridgehead atoms. The molecule has 0 spiro atoms. The van der Waals surface area contributed by atoms with E-state index in [2.05, 4.69) is 34.2 Å². The highest BCUT2D eigenvalue weighted by atomic mass is 19.4. The molecule has 2 aliphatic heterocycles. The number of anilines is 1. The van der Waals surface area contributed by atoms with Gasteiger partial charge in [-0.1, -0.05) is 24.3 Å². The summed E-state index contributed by atoms with van der Waals surface area (Å²) in [6.07, 6.45) is -1.47. The normalized spacial score (nSPS) is 17.6. The summed E-state index contributed by atoms with van der Waals surface area (Å²) in [5, 5.41) is 4.17. The highest BCUT2D eigenvalue weighted by Gasteiger charge is 2.33. The van der Waals surface area contributed by atoms with Crippen LogP contribution >= 0.6 is 0 Å². The second-order valence-electron chi connectivity index (χ2n) is 8.45. The van der Waals surface area contributed by atoms with E-state index in [-0.39, 0.29) is 5.56 Å². The van der Waals surface area contributed by atoms with Crippen LogP contribution in [0.5, 0.6) is 0 Å². The van der Waals surface area contributed by atoms with Crippen LogP contribution in [-0.2, 0) is 17.5 Å². The van der Waals surface area contributed by atoms with E-state index in [1.54, 1.807) is 6.07 Å². The second-order valence-corrected chi connectivity index (χ2v) is 8.45. The fourth-order valence-corrected chi connectivity index (χ4v) is 4.68. The molecule has 0 unspecified atom stereocenters. The molecule has 3 heterocycles. The highest BCUT2D eigenvalue weighted by Crippen LogP contribution is 2.35. The van der Waals surface area contributed by atoms with E-state index in [9.17, 15) is 13.2 Å². The molecule has 0 saturated heterocycles. The Labute approximate surface area is 189 Å². The van der Waals surface area contributed by atoms with E-state index in [1.807, 2.05) is 6.92 Å². The molecule has 0 radical (unpaired) electrons. The number of hydrogen-bond acceptors (Lipinski definition) is 4. The van der Waals surface area contributed by atoms with E-state index < -0.39 is 17.8 Å². The predicted octanol–water partition coefficient (Wildman–Crippen LogP) is 5.25. The molecular weight excluding hydrogens is 429 g/mol. The Kier molecular flexibility index (Phi) is 5.48. The van der Waals surface area contributed by atoms with Gasteiger partial charge in [0.15, 0.2) is 5.49 Å². The summed E-state index contributed by atoms with van der Waals surface area (Å²) >= 11 is 0. The minimum Gasteiger partial charge on any atom is -0.377 e. The van der Waals surface area contributed by atoms with Crippen LogP contribution in [0.15, 0.2) is 47.5 Å². The monoisotopic (exact) mass is 454 g/mol. The molecule has 172 valence electrons. The minimum atomic E-state index is -4.40. The van der Waals surface area contributed by atoms with E-state index >= 15 is 0 Å². The lowest BCUT2D eigenvalue weighted by atomic mass is 9.97. The number of halogens is 3. The maximum Gasteiger partial charge on any atom is 0.416 e. The summed E-state index contributed by atoms with van der Waals surface area (Å²) in [6.45, 7) is 6.18. The van der Waals surface area contributed by atoms with Crippen molar-refractivity contribution >= 4 is 22.4 Å². The average molecular weight is 454 g/mol. The number of nitrogens with zero attached hydrogens (tertiary/aromatic N) is 3. The fraction of sp³-hybridized carbons (Fsp3) is 0.360. The maximum atomic E-state index is 13.4. The number of ether oxygens (including phenoxy) is 1. The van der Waals surface area contributed by atoms with Crippen molar-refractivity contribution in [1.82, 2.24) is 9.55 Å². The number of alkyl halides is 3. The van der Waals surface area contributed by atoms with Crippen molar-refractivity contribution in [2.45, 2.75) is 39.0 Å². The predicted molar refractivity (Wildman–Crippen MR) is 122 cm³/mol. The maximum absolute atomic E-state index is 13.4. The third-order valence-electron chi connectivity index (χ3n) is 6.40. The lowest BCUT2D eigenvalue weighted by Gasteiger charge is -2.17. The van der Waals surface area contributed by atoms with Crippen LogP contribution in [0.3, 0.4) is 0 Å². The van der Waals surface area contributed by atoms with Crippen LogP contribution in [0, 0.1) is 6.92 Å². The molecule has 0 aliphatic carbocycles. The first-order chi connectivity index (χ1) is 15.8. The first kappa shape index (κ1) is 21.7. The molecule has 5 nitrogen and oxygen atoms in total.